The van der Waals surface area contributed by atoms with E-state index >= 15 is 0 Å². The Bertz CT molecular complexity index is 283. The molecule has 1 saturated heterocycles. The van der Waals surface area contributed by atoms with Gasteiger partial charge >= 0.3 is 0 Å². The van der Waals surface area contributed by atoms with Crippen molar-refractivity contribution in [1.29, 1.82) is 0 Å². The molecule has 0 radical (unpaired) electrons. The van der Waals surface area contributed by atoms with Crippen molar-refractivity contribution in [3.8, 4) is 0 Å². The van der Waals surface area contributed by atoms with Crippen LogP contribution in [0.15, 0.2) is 0 Å². The van der Waals surface area contributed by atoms with Gasteiger partial charge in [0.05, 0.1) is 6.04 Å². The molecule has 0 aromatic heterocycles. The fourth-order valence-corrected chi connectivity index (χ4v) is 2.91. The van der Waals surface area contributed by atoms with E-state index in [1.54, 1.807) is 0 Å². The zero-order valence-corrected chi connectivity index (χ0v) is 13.7. The third-order valence-corrected chi connectivity index (χ3v) is 4.17. The third-order valence-electron chi connectivity index (χ3n) is 4.17. The Morgan fingerprint density at radius 2 is 2.05 bits per heavy atom. The molecule has 1 aliphatic rings. The molecule has 0 spiro atoms. The van der Waals surface area contributed by atoms with Gasteiger partial charge in [-0.1, -0.05) is 20.3 Å². The molecule has 1 heterocycles. The van der Waals surface area contributed by atoms with Gasteiger partial charge in [-0.3, -0.25) is 9.69 Å². The fourth-order valence-electron chi connectivity index (χ4n) is 2.91. The van der Waals surface area contributed by atoms with Gasteiger partial charge in [0, 0.05) is 18.6 Å². The number of piperidine rings is 1. The first-order chi connectivity index (χ1) is 9.58. The molecule has 0 aromatic rings. The zero-order chi connectivity index (χ0) is 15.0. The summed E-state index contributed by atoms with van der Waals surface area (Å²) in [7, 11) is 0. The Kier molecular flexibility index (Phi) is 8.15. The second-order valence-corrected chi connectivity index (χ2v) is 6.16. The van der Waals surface area contributed by atoms with E-state index in [4.69, 9.17) is 0 Å². The predicted octanol–water partition coefficient (Wildman–Crippen LogP) is 2.14. The van der Waals surface area contributed by atoms with Gasteiger partial charge in [0.25, 0.3) is 0 Å². The van der Waals surface area contributed by atoms with Crippen molar-refractivity contribution in [3.05, 3.63) is 0 Å². The van der Waals surface area contributed by atoms with Gasteiger partial charge in [-0.25, -0.2) is 0 Å². The molecule has 0 bridgehead atoms. The smallest absolute Gasteiger partial charge is 0.237 e. The summed E-state index contributed by atoms with van der Waals surface area (Å²) in [6.07, 6.45) is 5.75. The number of carbonyl (C=O) groups excluding carboxylic acids is 1. The maximum atomic E-state index is 12.3. The minimum Gasteiger partial charge on any atom is -0.352 e. The van der Waals surface area contributed by atoms with Crippen molar-refractivity contribution in [2.45, 2.75) is 77.9 Å². The first-order valence-corrected chi connectivity index (χ1v) is 8.36. The van der Waals surface area contributed by atoms with E-state index in [9.17, 15) is 4.79 Å². The average Bonchev–Trinajstić information content (AvgIpc) is 2.44. The van der Waals surface area contributed by atoms with Crippen molar-refractivity contribution >= 4 is 5.91 Å². The van der Waals surface area contributed by atoms with Crippen LogP contribution in [0.5, 0.6) is 0 Å². The SMILES string of the molecule is CCCNC1CCCN(C(C)C(=O)NC(C)CCC)C1. The normalized spacial score (nSPS) is 23.3. The highest BCUT2D eigenvalue weighted by molar-refractivity contribution is 5.81. The lowest BCUT2D eigenvalue weighted by molar-refractivity contribution is -0.127. The summed E-state index contributed by atoms with van der Waals surface area (Å²) >= 11 is 0. The number of rotatable bonds is 8. The summed E-state index contributed by atoms with van der Waals surface area (Å²) in [5, 5.41) is 6.72. The Morgan fingerprint density at radius 3 is 2.70 bits per heavy atom. The lowest BCUT2D eigenvalue weighted by Gasteiger charge is -2.36. The zero-order valence-electron chi connectivity index (χ0n) is 13.7. The number of likely N-dealkylation sites (tertiary alicyclic amines) is 1. The van der Waals surface area contributed by atoms with Crippen LogP contribution in [0.25, 0.3) is 0 Å². The Morgan fingerprint density at radius 1 is 1.30 bits per heavy atom. The average molecular weight is 283 g/mol. The largest absolute Gasteiger partial charge is 0.352 e. The Hall–Kier alpha value is -0.610. The molecule has 3 unspecified atom stereocenters. The van der Waals surface area contributed by atoms with Crippen molar-refractivity contribution in [1.82, 2.24) is 15.5 Å². The molecule has 4 heteroatoms. The summed E-state index contributed by atoms with van der Waals surface area (Å²) in [5.74, 6) is 0.182. The van der Waals surface area contributed by atoms with Crippen molar-refractivity contribution in [3.63, 3.8) is 0 Å². The Labute approximate surface area is 124 Å². The Balaban J connectivity index is 2.40. The van der Waals surface area contributed by atoms with Crippen LogP contribution in [0.1, 0.15) is 59.8 Å². The third kappa shape index (κ3) is 5.80. The number of nitrogens with one attached hydrogen (secondary N) is 2. The van der Waals surface area contributed by atoms with Gasteiger partial charge in [-0.2, -0.15) is 0 Å². The standard InChI is InChI=1S/C16H33N3O/c1-5-8-13(3)18-16(20)14(4)19-11-7-9-15(12-19)17-10-6-2/h13-15,17H,5-12H2,1-4H3,(H,18,20). The molecule has 3 atom stereocenters. The molecule has 1 amide bonds. The molecular weight excluding hydrogens is 250 g/mol. The highest BCUT2D eigenvalue weighted by Crippen LogP contribution is 2.13. The van der Waals surface area contributed by atoms with E-state index in [0.29, 0.717) is 6.04 Å². The summed E-state index contributed by atoms with van der Waals surface area (Å²) < 4.78 is 0. The van der Waals surface area contributed by atoms with E-state index in [1.807, 2.05) is 6.92 Å². The summed E-state index contributed by atoms with van der Waals surface area (Å²) in [5.41, 5.74) is 0. The lowest BCUT2D eigenvalue weighted by Crippen LogP contribution is -2.54. The quantitative estimate of drug-likeness (QED) is 0.717. The number of carbonyl (C=O) groups is 1. The van der Waals surface area contributed by atoms with Gasteiger partial charge < -0.3 is 10.6 Å². The molecule has 4 nitrogen and oxygen atoms in total. The van der Waals surface area contributed by atoms with Crippen molar-refractivity contribution < 1.29 is 4.79 Å². The minimum atomic E-state index is -0.0134. The van der Waals surface area contributed by atoms with Crippen LogP contribution in [-0.4, -0.2) is 48.6 Å². The first-order valence-electron chi connectivity index (χ1n) is 8.36. The van der Waals surface area contributed by atoms with Gasteiger partial charge in [0.1, 0.15) is 0 Å². The van der Waals surface area contributed by atoms with Gasteiger partial charge in [-0.05, 0) is 52.6 Å². The molecule has 1 aliphatic heterocycles. The summed E-state index contributed by atoms with van der Waals surface area (Å²) in [4.78, 5) is 14.6. The van der Waals surface area contributed by atoms with Crippen LogP contribution in [-0.2, 0) is 4.79 Å². The molecule has 0 aromatic carbocycles. The van der Waals surface area contributed by atoms with Gasteiger partial charge in [0.2, 0.25) is 5.91 Å². The molecule has 118 valence electrons. The molecule has 20 heavy (non-hydrogen) atoms. The maximum absolute atomic E-state index is 12.3. The monoisotopic (exact) mass is 283 g/mol. The van der Waals surface area contributed by atoms with E-state index in [1.165, 1.54) is 19.3 Å². The number of amides is 1. The topological polar surface area (TPSA) is 44.4 Å². The number of nitrogens with zero attached hydrogens (tertiary/aromatic N) is 1. The van der Waals surface area contributed by atoms with E-state index in [-0.39, 0.29) is 18.0 Å². The van der Waals surface area contributed by atoms with Crippen LogP contribution < -0.4 is 10.6 Å². The summed E-state index contributed by atoms with van der Waals surface area (Å²) in [6.45, 7) is 11.6. The number of hydrogen-bond donors (Lipinski definition) is 2. The summed E-state index contributed by atoms with van der Waals surface area (Å²) in [6, 6.07) is 0.821. The van der Waals surface area contributed by atoms with Crippen LogP contribution in [0.2, 0.25) is 0 Å². The van der Waals surface area contributed by atoms with Gasteiger partial charge in [-0.15, -0.1) is 0 Å². The molecule has 0 saturated carbocycles. The molecule has 1 rings (SSSR count). The van der Waals surface area contributed by atoms with E-state index in [0.717, 1.165) is 32.5 Å². The van der Waals surface area contributed by atoms with Crippen LogP contribution >= 0.6 is 0 Å². The van der Waals surface area contributed by atoms with Crippen LogP contribution in [0, 0.1) is 0 Å². The van der Waals surface area contributed by atoms with Crippen LogP contribution in [0.4, 0.5) is 0 Å². The van der Waals surface area contributed by atoms with Crippen LogP contribution in [0.3, 0.4) is 0 Å². The highest BCUT2D eigenvalue weighted by Gasteiger charge is 2.27. The number of hydrogen-bond acceptors (Lipinski definition) is 3. The van der Waals surface area contributed by atoms with Crippen molar-refractivity contribution in [2.75, 3.05) is 19.6 Å². The van der Waals surface area contributed by atoms with Crippen molar-refractivity contribution in [2.24, 2.45) is 0 Å². The molecule has 1 fully saturated rings. The predicted molar refractivity (Wildman–Crippen MR) is 84.9 cm³/mol. The molecule has 0 aliphatic carbocycles. The molecular formula is C16H33N3O. The second kappa shape index (κ2) is 9.35. The van der Waals surface area contributed by atoms with E-state index < -0.39 is 0 Å². The minimum absolute atomic E-state index is 0.0134. The highest BCUT2D eigenvalue weighted by atomic mass is 16.2. The maximum Gasteiger partial charge on any atom is 0.237 e. The lowest BCUT2D eigenvalue weighted by atomic mass is 10.0. The second-order valence-electron chi connectivity index (χ2n) is 6.16. The van der Waals surface area contributed by atoms with E-state index in [2.05, 4.69) is 36.3 Å². The fraction of sp³-hybridized carbons (Fsp3) is 0.938. The molecule has 2 N–H and O–H groups in total. The van der Waals surface area contributed by atoms with Gasteiger partial charge in [0.15, 0.2) is 0 Å². The first kappa shape index (κ1) is 17.4.